The van der Waals surface area contributed by atoms with E-state index in [4.69, 9.17) is 10.5 Å². The number of nitrogens with zero attached hydrogens (tertiary/aromatic N) is 1. The number of rotatable bonds is 4. The average Bonchev–Trinajstić information content (AvgIpc) is 3.57. The molecule has 6 nitrogen and oxygen atoms in total. The van der Waals surface area contributed by atoms with Crippen LogP contribution in [0.25, 0.3) is 0 Å². The van der Waals surface area contributed by atoms with Gasteiger partial charge in [-0.15, -0.1) is 0 Å². The van der Waals surface area contributed by atoms with E-state index in [2.05, 4.69) is 28.1 Å². The lowest BCUT2D eigenvalue weighted by Crippen LogP contribution is -2.63. The van der Waals surface area contributed by atoms with Crippen LogP contribution in [-0.4, -0.2) is 42.0 Å². The van der Waals surface area contributed by atoms with Crippen LogP contribution in [-0.2, 0) is 24.7 Å². The molecule has 6 rings (SSSR count). The number of pyridine rings is 1. The van der Waals surface area contributed by atoms with E-state index in [1.165, 1.54) is 30.5 Å². The summed E-state index contributed by atoms with van der Waals surface area (Å²) < 4.78 is 5.59. The number of H-pyrrole nitrogens is 1. The summed E-state index contributed by atoms with van der Waals surface area (Å²) in [6, 6.07) is 8.80. The van der Waals surface area contributed by atoms with Gasteiger partial charge in [-0.1, -0.05) is 6.07 Å². The highest BCUT2D eigenvalue weighted by molar-refractivity contribution is 5.92. The highest BCUT2D eigenvalue weighted by Crippen LogP contribution is 2.55. The number of ether oxygens (including phenoxy) is 1. The van der Waals surface area contributed by atoms with E-state index in [1.54, 1.807) is 13.2 Å². The first-order valence-corrected chi connectivity index (χ1v) is 11.4. The number of fused-ring (bicyclic) bond motifs is 2. The number of nitrogens with one attached hydrogen (secondary N) is 1. The van der Waals surface area contributed by atoms with Crippen LogP contribution >= 0.6 is 0 Å². The van der Waals surface area contributed by atoms with E-state index in [9.17, 15) is 9.59 Å². The van der Waals surface area contributed by atoms with Gasteiger partial charge in [0.15, 0.2) is 0 Å². The molecule has 1 saturated carbocycles. The first-order chi connectivity index (χ1) is 15.0. The summed E-state index contributed by atoms with van der Waals surface area (Å²) in [7, 11) is 1.72. The van der Waals surface area contributed by atoms with Crippen LogP contribution in [0, 0.1) is 11.8 Å². The number of carbonyl (C=O) groups excluding carboxylic acids is 1. The first-order valence-electron chi connectivity index (χ1n) is 11.4. The molecule has 0 radical (unpaired) electrons. The van der Waals surface area contributed by atoms with E-state index < -0.39 is 5.91 Å². The molecule has 0 spiro atoms. The Bertz CT molecular complexity index is 1140. The van der Waals surface area contributed by atoms with Crippen LogP contribution in [0.2, 0.25) is 0 Å². The molecule has 1 aliphatic heterocycles. The van der Waals surface area contributed by atoms with Crippen LogP contribution in [0.1, 0.15) is 52.0 Å². The number of methoxy groups -OCH3 is 1. The van der Waals surface area contributed by atoms with Gasteiger partial charge < -0.3 is 15.5 Å². The van der Waals surface area contributed by atoms with E-state index in [0.29, 0.717) is 12.0 Å². The third-order valence-corrected chi connectivity index (χ3v) is 8.37. The number of nitrogens with two attached hydrogens (primary N) is 1. The number of aromatic nitrogens is 1. The molecule has 1 aromatic heterocycles. The second-order valence-electron chi connectivity index (χ2n) is 10.0. The Labute approximate surface area is 181 Å². The van der Waals surface area contributed by atoms with Gasteiger partial charge in [0.1, 0.15) is 11.3 Å². The summed E-state index contributed by atoms with van der Waals surface area (Å²) in [6.07, 6.45) is 6.53. The van der Waals surface area contributed by atoms with Crippen LogP contribution in [0.4, 0.5) is 0 Å². The van der Waals surface area contributed by atoms with Crippen LogP contribution in [0.15, 0.2) is 29.1 Å². The van der Waals surface area contributed by atoms with Crippen molar-refractivity contribution >= 4 is 5.91 Å². The van der Waals surface area contributed by atoms with Gasteiger partial charge in [0, 0.05) is 23.7 Å². The zero-order chi connectivity index (χ0) is 21.3. The largest absolute Gasteiger partial charge is 0.497 e. The molecule has 2 fully saturated rings. The van der Waals surface area contributed by atoms with Crippen molar-refractivity contribution in [3.63, 3.8) is 0 Å². The molecular weight excluding hydrogens is 390 g/mol. The lowest BCUT2D eigenvalue weighted by molar-refractivity contribution is 0.00459. The highest BCUT2D eigenvalue weighted by Gasteiger charge is 2.55. The zero-order valence-corrected chi connectivity index (χ0v) is 17.9. The minimum Gasteiger partial charge on any atom is -0.497 e. The van der Waals surface area contributed by atoms with E-state index in [-0.39, 0.29) is 16.5 Å². The number of likely N-dealkylation sites (tertiary alicyclic amines) is 1. The number of piperidine rings is 1. The minimum atomic E-state index is -0.654. The number of hydrogen-bond acceptors (Lipinski definition) is 4. The lowest BCUT2D eigenvalue weighted by atomic mass is 9.52. The molecule has 0 unspecified atom stereocenters. The fourth-order valence-electron chi connectivity index (χ4n) is 6.66. The molecule has 3 atom stereocenters. The van der Waals surface area contributed by atoms with Crippen molar-refractivity contribution < 1.29 is 9.53 Å². The standard InChI is InChI=1S/C25H29N3O3/c1-31-17-5-4-15-10-22-20-9-16-8-18(23(26)29)24(30)27-21(16)12-25(20,19(15)11-17)6-7-28(22)13-14-2-3-14/h4-5,8,11,14,20,22H,2-3,6-7,9-10,12-13H2,1H3,(H2,26,29)(H,27,30)/t20-,22+,25+/m0/s1. The predicted molar refractivity (Wildman–Crippen MR) is 118 cm³/mol. The zero-order valence-electron chi connectivity index (χ0n) is 17.9. The lowest BCUT2D eigenvalue weighted by Gasteiger charge is -2.59. The smallest absolute Gasteiger partial charge is 0.261 e. The van der Waals surface area contributed by atoms with Gasteiger partial charge in [0.25, 0.3) is 11.5 Å². The van der Waals surface area contributed by atoms with Crippen LogP contribution in [0.5, 0.6) is 5.75 Å². The molecule has 3 N–H and O–H groups in total. The van der Waals surface area contributed by atoms with Gasteiger partial charge in [-0.05, 0) is 91.8 Å². The van der Waals surface area contributed by atoms with Crippen LogP contribution < -0.4 is 16.0 Å². The van der Waals surface area contributed by atoms with E-state index in [0.717, 1.165) is 55.2 Å². The second kappa shape index (κ2) is 6.70. The van der Waals surface area contributed by atoms with Crippen molar-refractivity contribution in [2.24, 2.45) is 17.6 Å². The molecule has 3 aliphatic carbocycles. The van der Waals surface area contributed by atoms with Gasteiger partial charge >= 0.3 is 0 Å². The number of primary amides is 1. The Balaban J connectivity index is 1.50. The summed E-state index contributed by atoms with van der Waals surface area (Å²) in [4.78, 5) is 30.0. The van der Waals surface area contributed by atoms with Crippen molar-refractivity contribution in [1.29, 1.82) is 0 Å². The van der Waals surface area contributed by atoms with Gasteiger partial charge in [-0.3, -0.25) is 14.5 Å². The molecule has 4 aliphatic rings. The number of carbonyl (C=O) groups is 1. The molecule has 1 aromatic carbocycles. The second-order valence-corrected chi connectivity index (χ2v) is 10.0. The van der Waals surface area contributed by atoms with Crippen molar-refractivity contribution in [1.82, 2.24) is 9.88 Å². The summed E-state index contributed by atoms with van der Waals surface area (Å²) in [5, 5.41) is 0. The first kappa shape index (κ1) is 19.1. The van der Waals surface area contributed by atoms with Gasteiger partial charge in [-0.25, -0.2) is 0 Å². The normalized spacial score (nSPS) is 28.9. The summed E-state index contributed by atoms with van der Waals surface area (Å²) in [6.45, 7) is 2.31. The Kier molecular flexibility index (Phi) is 4.13. The topological polar surface area (TPSA) is 88.4 Å². The third kappa shape index (κ3) is 2.88. The van der Waals surface area contributed by atoms with Crippen molar-refractivity contribution in [2.45, 2.75) is 50.0 Å². The highest BCUT2D eigenvalue weighted by atomic mass is 16.5. The molecule has 6 heteroatoms. The maximum atomic E-state index is 12.5. The Morgan fingerprint density at radius 1 is 1.26 bits per heavy atom. The molecule has 1 amide bonds. The Morgan fingerprint density at radius 3 is 2.84 bits per heavy atom. The number of aromatic amines is 1. The van der Waals surface area contributed by atoms with Gasteiger partial charge in [-0.2, -0.15) is 0 Å². The maximum Gasteiger partial charge on any atom is 0.261 e. The monoisotopic (exact) mass is 419 g/mol. The quantitative estimate of drug-likeness (QED) is 0.795. The van der Waals surface area contributed by atoms with Crippen molar-refractivity contribution in [2.75, 3.05) is 20.2 Å². The molecule has 1 saturated heterocycles. The van der Waals surface area contributed by atoms with Crippen LogP contribution in [0.3, 0.4) is 0 Å². The molecular formula is C25H29N3O3. The third-order valence-electron chi connectivity index (χ3n) is 8.37. The predicted octanol–water partition coefficient (Wildman–Crippen LogP) is 2.18. The molecule has 162 valence electrons. The Hall–Kier alpha value is -2.60. The van der Waals surface area contributed by atoms with Crippen molar-refractivity contribution in [3.8, 4) is 5.75 Å². The molecule has 2 heterocycles. The fraction of sp³-hybridized carbons (Fsp3) is 0.520. The minimum absolute atomic E-state index is 0.00296. The Morgan fingerprint density at radius 2 is 2.10 bits per heavy atom. The van der Waals surface area contributed by atoms with E-state index >= 15 is 0 Å². The molecule has 31 heavy (non-hydrogen) atoms. The average molecular weight is 420 g/mol. The summed E-state index contributed by atoms with van der Waals surface area (Å²) >= 11 is 0. The van der Waals surface area contributed by atoms with Gasteiger partial charge in [0.2, 0.25) is 0 Å². The summed E-state index contributed by atoms with van der Waals surface area (Å²) in [5.74, 6) is 1.56. The van der Waals surface area contributed by atoms with Crippen molar-refractivity contribution in [3.05, 3.63) is 62.6 Å². The SMILES string of the molecule is COc1ccc2c(c1)[C@]13CCN(CC4CC4)[C@H](C2)[C@@H]1Cc1cc(C(N)=O)c(=O)[nH]c1C3. The van der Waals surface area contributed by atoms with Gasteiger partial charge in [0.05, 0.1) is 7.11 Å². The fourth-order valence-corrected chi connectivity index (χ4v) is 6.66. The van der Waals surface area contributed by atoms with E-state index in [1.807, 2.05) is 0 Å². The number of benzene rings is 1. The molecule has 2 bridgehead atoms. The summed E-state index contributed by atoms with van der Waals surface area (Å²) in [5.41, 5.74) is 10.0. The molecule has 2 aromatic rings. The number of hydrogen-bond donors (Lipinski definition) is 2. The maximum absolute atomic E-state index is 12.5. The number of amides is 1.